The van der Waals surface area contributed by atoms with E-state index in [1.54, 1.807) is 0 Å². The number of benzene rings is 2. The predicted octanol–water partition coefficient (Wildman–Crippen LogP) is 3.93. The molecule has 0 atom stereocenters. The van der Waals surface area contributed by atoms with Gasteiger partial charge in [0.2, 0.25) is 15.9 Å². The van der Waals surface area contributed by atoms with Gasteiger partial charge in [-0.25, -0.2) is 17.8 Å². The third-order valence-electron chi connectivity index (χ3n) is 5.45. The summed E-state index contributed by atoms with van der Waals surface area (Å²) in [5.74, 6) is -1.17. The van der Waals surface area contributed by atoms with E-state index in [1.165, 1.54) is 28.8 Å². The fraction of sp³-hybridized carbons (Fsp3) is 0.304. The molecule has 0 saturated carbocycles. The molecule has 1 aromatic heterocycles. The first-order chi connectivity index (χ1) is 15.3. The maximum absolute atomic E-state index is 13.9. The number of carbonyl (C=O) groups is 1. The van der Waals surface area contributed by atoms with Gasteiger partial charge in [0.15, 0.2) is 0 Å². The molecule has 4 rings (SSSR count). The van der Waals surface area contributed by atoms with Gasteiger partial charge in [-0.2, -0.15) is 4.31 Å². The predicted molar refractivity (Wildman–Crippen MR) is 114 cm³/mol. The molecule has 1 aliphatic rings. The van der Waals surface area contributed by atoms with Crippen molar-refractivity contribution in [2.45, 2.75) is 31.3 Å². The highest BCUT2D eigenvalue weighted by Gasteiger charge is 2.34. The summed E-state index contributed by atoms with van der Waals surface area (Å²) in [6.45, 7) is 2.21. The highest BCUT2D eigenvalue weighted by atomic mass is 32.2. The van der Waals surface area contributed by atoms with Gasteiger partial charge < -0.3 is 9.15 Å². The van der Waals surface area contributed by atoms with Crippen LogP contribution in [0.25, 0.3) is 11.5 Å². The molecule has 9 heteroatoms. The van der Waals surface area contributed by atoms with Crippen molar-refractivity contribution < 1.29 is 26.8 Å². The van der Waals surface area contributed by atoms with Gasteiger partial charge in [0.1, 0.15) is 29.3 Å². The number of rotatable bonds is 6. The first-order valence-corrected chi connectivity index (χ1v) is 11.7. The van der Waals surface area contributed by atoms with E-state index in [2.05, 4.69) is 4.98 Å². The Kier molecular flexibility index (Phi) is 6.38. The third-order valence-corrected chi connectivity index (χ3v) is 7.39. The van der Waals surface area contributed by atoms with Gasteiger partial charge in [-0.3, -0.25) is 4.79 Å². The van der Waals surface area contributed by atoms with E-state index in [4.69, 9.17) is 9.15 Å². The van der Waals surface area contributed by atoms with Crippen LogP contribution in [-0.4, -0.2) is 36.8 Å². The summed E-state index contributed by atoms with van der Waals surface area (Å²) in [6.07, 6.45) is 2.06. The molecule has 2 aromatic carbocycles. The number of carbonyl (C=O) groups excluding carboxylic acids is 1. The number of ether oxygens (including phenoxy) is 1. The van der Waals surface area contributed by atoms with Crippen LogP contribution in [0.5, 0.6) is 0 Å². The lowest BCUT2D eigenvalue weighted by molar-refractivity contribution is -0.151. The summed E-state index contributed by atoms with van der Waals surface area (Å²) in [5.41, 5.74) is 2.45. The fourth-order valence-corrected chi connectivity index (χ4v) is 5.12. The van der Waals surface area contributed by atoms with E-state index >= 15 is 0 Å². The maximum atomic E-state index is 13.9. The Balaban J connectivity index is 1.31. The van der Waals surface area contributed by atoms with Crippen molar-refractivity contribution >= 4 is 16.0 Å². The van der Waals surface area contributed by atoms with Crippen molar-refractivity contribution in [2.75, 3.05) is 13.1 Å². The third kappa shape index (κ3) is 4.73. The molecule has 32 heavy (non-hydrogen) atoms. The number of esters is 1. The van der Waals surface area contributed by atoms with E-state index in [1.807, 2.05) is 31.2 Å². The summed E-state index contributed by atoms with van der Waals surface area (Å²) >= 11 is 0. The average molecular weight is 459 g/mol. The van der Waals surface area contributed by atoms with Crippen molar-refractivity contribution in [2.24, 2.45) is 5.92 Å². The van der Waals surface area contributed by atoms with Crippen LogP contribution in [0.15, 0.2) is 64.1 Å². The SMILES string of the molecule is Cc1ccc(-c2nc(COC(=O)C3CCN(S(=O)(=O)c4ccccc4F)CC3)co2)cc1. The highest BCUT2D eigenvalue weighted by Crippen LogP contribution is 2.26. The molecule has 0 bridgehead atoms. The molecule has 3 aromatic rings. The molecule has 0 spiro atoms. The number of hydrogen-bond acceptors (Lipinski definition) is 6. The average Bonchev–Trinajstić information content (AvgIpc) is 3.27. The number of piperidine rings is 1. The van der Waals surface area contributed by atoms with Crippen LogP contribution in [0, 0.1) is 18.7 Å². The van der Waals surface area contributed by atoms with Crippen molar-refractivity contribution in [3.05, 3.63) is 71.9 Å². The summed E-state index contributed by atoms with van der Waals surface area (Å²) in [4.78, 5) is 16.5. The van der Waals surface area contributed by atoms with Crippen LogP contribution in [0.1, 0.15) is 24.1 Å². The minimum Gasteiger partial charge on any atom is -0.459 e. The highest BCUT2D eigenvalue weighted by molar-refractivity contribution is 7.89. The number of halogens is 1. The topological polar surface area (TPSA) is 89.7 Å². The molecular formula is C23H23FN2O5S. The van der Waals surface area contributed by atoms with E-state index in [-0.39, 0.29) is 24.6 Å². The molecular weight excluding hydrogens is 435 g/mol. The van der Waals surface area contributed by atoms with E-state index in [9.17, 15) is 17.6 Å². The zero-order valence-electron chi connectivity index (χ0n) is 17.5. The summed E-state index contributed by atoms with van der Waals surface area (Å²) in [5, 5.41) is 0. The number of oxazole rings is 1. The minimum atomic E-state index is -3.94. The van der Waals surface area contributed by atoms with Crippen LogP contribution < -0.4 is 0 Å². The molecule has 0 N–H and O–H groups in total. The van der Waals surface area contributed by atoms with E-state index < -0.39 is 27.7 Å². The molecule has 1 fully saturated rings. The number of nitrogens with zero attached hydrogens (tertiary/aromatic N) is 2. The molecule has 0 radical (unpaired) electrons. The lowest BCUT2D eigenvalue weighted by Crippen LogP contribution is -2.40. The zero-order valence-corrected chi connectivity index (χ0v) is 18.3. The van der Waals surface area contributed by atoms with Gasteiger partial charge in [0.25, 0.3) is 0 Å². The molecule has 0 unspecified atom stereocenters. The van der Waals surface area contributed by atoms with Crippen LogP contribution in [0.4, 0.5) is 4.39 Å². The zero-order chi connectivity index (χ0) is 22.7. The van der Waals surface area contributed by atoms with Gasteiger partial charge >= 0.3 is 5.97 Å². The quantitative estimate of drug-likeness (QED) is 0.520. The smallest absolute Gasteiger partial charge is 0.309 e. The monoisotopic (exact) mass is 458 g/mol. The van der Waals surface area contributed by atoms with Gasteiger partial charge in [-0.1, -0.05) is 29.8 Å². The van der Waals surface area contributed by atoms with Crippen LogP contribution in [-0.2, 0) is 26.2 Å². The van der Waals surface area contributed by atoms with Crippen molar-refractivity contribution in [3.8, 4) is 11.5 Å². The molecule has 0 aliphatic carbocycles. The second kappa shape index (κ2) is 9.22. The fourth-order valence-electron chi connectivity index (χ4n) is 3.59. The molecule has 2 heterocycles. The standard InChI is InChI=1S/C23H23FN2O5S/c1-16-6-8-17(9-7-16)22-25-19(14-30-22)15-31-23(27)18-10-12-26(13-11-18)32(28,29)21-5-3-2-4-20(21)24/h2-9,14,18H,10-13,15H2,1H3. The Morgan fingerprint density at radius 3 is 2.53 bits per heavy atom. The Morgan fingerprint density at radius 1 is 1.16 bits per heavy atom. The number of aromatic nitrogens is 1. The molecule has 1 aliphatic heterocycles. The Hall–Kier alpha value is -3.04. The van der Waals surface area contributed by atoms with Gasteiger partial charge in [0, 0.05) is 18.7 Å². The number of sulfonamides is 1. The maximum Gasteiger partial charge on any atom is 0.309 e. The summed E-state index contributed by atoms with van der Waals surface area (Å²) < 4.78 is 51.4. The van der Waals surface area contributed by atoms with Crippen molar-refractivity contribution in [1.29, 1.82) is 0 Å². The second-order valence-electron chi connectivity index (χ2n) is 7.73. The lowest BCUT2D eigenvalue weighted by atomic mass is 9.98. The number of hydrogen-bond donors (Lipinski definition) is 0. The van der Waals surface area contributed by atoms with E-state index in [0.717, 1.165) is 17.2 Å². The van der Waals surface area contributed by atoms with Gasteiger partial charge in [0.05, 0.1) is 5.92 Å². The largest absolute Gasteiger partial charge is 0.459 e. The molecule has 1 saturated heterocycles. The Labute approximate surface area is 185 Å². The van der Waals surface area contributed by atoms with E-state index in [0.29, 0.717) is 24.4 Å². The van der Waals surface area contributed by atoms with Crippen LogP contribution in [0.3, 0.4) is 0 Å². The minimum absolute atomic E-state index is 0.0259. The molecule has 0 amide bonds. The van der Waals surface area contributed by atoms with Gasteiger partial charge in [-0.05, 0) is 44.0 Å². The van der Waals surface area contributed by atoms with Crippen molar-refractivity contribution in [3.63, 3.8) is 0 Å². The van der Waals surface area contributed by atoms with Crippen LogP contribution in [0.2, 0.25) is 0 Å². The number of aryl methyl sites for hydroxylation is 1. The molecule has 7 nitrogen and oxygen atoms in total. The first-order valence-electron chi connectivity index (χ1n) is 10.3. The summed E-state index contributed by atoms with van der Waals surface area (Å²) in [7, 11) is -3.94. The van der Waals surface area contributed by atoms with Crippen molar-refractivity contribution in [1.82, 2.24) is 9.29 Å². The second-order valence-corrected chi connectivity index (χ2v) is 9.63. The molecule has 168 valence electrons. The van der Waals surface area contributed by atoms with Gasteiger partial charge in [-0.15, -0.1) is 0 Å². The lowest BCUT2D eigenvalue weighted by Gasteiger charge is -2.30. The Morgan fingerprint density at radius 2 is 1.84 bits per heavy atom. The first kappa shape index (κ1) is 22.2. The Bertz CT molecular complexity index is 1200. The van der Waals surface area contributed by atoms with Crippen LogP contribution >= 0.6 is 0 Å². The summed E-state index contributed by atoms with van der Waals surface area (Å²) in [6, 6.07) is 13.0. The normalized spacial score (nSPS) is 15.6.